The molecule has 0 atom stereocenters. The van der Waals surface area contributed by atoms with Crippen LogP contribution in [0.3, 0.4) is 0 Å². The summed E-state index contributed by atoms with van der Waals surface area (Å²) in [6.45, 7) is 1.83. The fourth-order valence-corrected chi connectivity index (χ4v) is 2.35. The third-order valence-corrected chi connectivity index (χ3v) is 3.42. The van der Waals surface area contributed by atoms with E-state index in [2.05, 4.69) is 9.88 Å². The minimum Gasteiger partial charge on any atom is -0.392 e. The number of carbonyl (C=O) groups excluding carboxylic acids is 1. The van der Waals surface area contributed by atoms with Gasteiger partial charge in [-0.05, 0) is 30.4 Å². The maximum atomic E-state index is 10.9. The lowest BCUT2D eigenvalue weighted by Gasteiger charge is -2.32. The Balaban J connectivity index is 1.90. The van der Waals surface area contributed by atoms with Crippen molar-refractivity contribution in [3.05, 3.63) is 23.9 Å². The number of carbonyl (C=O) groups is 1. The number of amides is 1. The molecular formula is C13H19N3O2. The van der Waals surface area contributed by atoms with Crippen LogP contribution in [0.15, 0.2) is 18.3 Å². The third-order valence-electron chi connectivity index (χ3n) is 3.42. The number of nitrogens with two attached hydrogens (primary N) is 1. The molecule has 0 unspecified atom stereocenters. The van der Waals surface area contributed by atoms with Crippen LogP contribution in [0.1, 0.15) is 24.8 Å². The number of anilines is 1. The molecule has 2 rings (SSSR count). The molecule has 18 heavy (non-hydrogen) atoms. The van der Waals surface area contributed by atoms with Crippen LogP contribution in [0.4, 0.5) is 5.82 Å². The van der Waals surface area contributed by atoms with Crippen LogP contribution in [0.25, 0.3) is 0 Å². The molecule has 1 aliphatic heterocycles. The number of nitrogens with zero attached hydrogens (tertiary/aromatic N) is 2. The van der Waals surface area contributed by atoms with E-state index in [1.807, 2.05) is 12.1 Å². The largest absolute Gasteiger partial charge is 0.392 e. The number of hydrogen-bond acceptors (Lipinski definition) is 4. The maximum absolute atomic E-state index is 10.9. The predicted octanol–water partition coefficient (Wildman–Crippen LogP) is 0.666. The highest BCUT2D eigenvalue weighted by Gasteiger charge is 2.21. The topological polar surface area (TPSA) is 79.5 Å². The van der Waals surface area contributed by atoms with E-state index in [1.54, 1.807) is 6.20 Å². The molecule has 1 amide bonds. The van der Waals surface area contributed by atoms with Crippen LogP contribution in [-0.4, -0.2) is 29.1 Å². The summed E-state index contributed by atoms with van der Waals surface area (Å²) in [4.78, 5) is 17.4. The molecule has 3 N–H and O–H groups in total. The van der Waals surface area contributed by atoms with Crippen molar-refractivity contribution in [2.45, 2.75) is 25.9 Å². The minimum absolute atomic E-state index is 0.0218. The van der Waals surface area contributed by atoms with Crippen molar-refractivity contribution in [3.8, 4) is 0 Å². The summed E-state index contributed by atoms with van der Waals surface area (Å²) in [7, 11) is 0. The molecule has 0 aliphatic carbocycles. The second-order valence-corrected chi connectivity index (χ2v) is 4.78. The van der Waals surface area contributed by atoms with Crippen LogP contribution in [0.5, 0.6) is 0 Å². The molecule has 1 aromatic heterocycles. The van der Waals surface area contributed by atoms with Crippen molar-refractivity contribution < 1.29 is 9.90 Å². The number of primary amides is 1. The second-order valence-electron chi connectivity index (χ2n) is 4.78. The molecule has 98 valence electrons. The molecule has 0 saturated carbocycles. The van der Waals surface area contributed by atoms with Gasteiger partial charge in [-0.15, -0.1) is 0 Å². The number of aliphatic hydroxyl groups is 1. The number of pyridine rings is 1. The van der Waals surface area contributed by atoms with Crippen LogP contribution in [0.2, 0.25) is 0 Å². The average Bonchev–Trinajstić information content (AvgIpc) is 2.39. The van der Waals surface area contributed by atoms with Crippen molar-refractivity contribution in [2.75, 3.05) is 18.0 Å². The molecule has 5 heteroatoms. The lowest BCUT2D eigenvalue weighted by atomic mass is 9.93. The van der Waals surface area contributed by atoms with Gasteiger partial charge < -0.3 is 15.7 Å². The standard InChI is InChI=1S/C13H19N3O2/c14-12(18)7-10-3-5-16(6-4-10)13-2-1-11(9-17)8-15-13/h1-2,8,10,17H,3-7,9H2,(H2,14,18). The van der Waals surface area contributed by atoms with Gasteiger partial charge >= 0.3 is 0 Å². The molecule has 1 aliphatic rings. The Morgan fingerprint density at radius 3 is 2.67 bits per heavy atom. The quantitative estimate of drug-likeness (QED) is 0.821. The SMILES string of the molecule is NC(=O)CC1CCN(c2ccc(CO)cn2)CC1. The van der Waals surface area contributed by atoms with Crippen LogP contribution < -0.4 is 10.6 Å². The summed E-state index contributed by atoms with van der Waals surface area (Å²) in [5.74, 6) is 1.14. The van der Waals surface area contributed by atoms with E-state index in [4.69, 9.17) is 10.8 Å². The van der Waals surface area contributed by atoms with Crippen molar-refractivity contribution >= 4 is 11.7 Å². The Kier molecular flexibility index (Phi) is 4.15. The Bertz CT molecular complexity index is 397. The summed E-state index contributed by atoms with van der Waals surface area (Å²) in [6, 6.07) is 3.82. The summed E-state index contributed by atoms with van der Waals surface area (Å²) in [6.07, 6.45) is 4.15. The van der Waals surface area contributed by atoms with E-state index in [0.29, 0.717) is 12.3 Å². The molecular weight excluding hydrogens is 230 g/mol. The Morgan fingerprint density at radius 2 is 2.17 bits per heavy atom. The third kappa shape index (κ3) is 3.20. The predicted molar refractivity (Wildman–Crippen MR) is 68.9 cm³/mol. The Hall–Kier alpha value is -1.62. The van der Waals surface area contributed by atoms with Gasteiger partial charge in [-0.1, -0.05) is 6.07 Å². The van der Waals surface area contributed by atoms with Crippen LogP contribution in [-0.2, 0) is 11.4 Å². The highest BCUT2D eigenvalue weighted by molar-refractivity contribution is 5.74. The van der Waals surface area contributed by atoms with Crippen LogP contribution >= 0.6 is 0 Å². The van der Waals surface area contributed by atoms with Crippen molar-refractivity contribution in [1.29, 1.82) is 0 Å². The van der Waals surface area contributed by atoms with Gasteiger partial charge in [-0.25, -0.2) is 4.98 Å². The molecule has 0 bridgehead atoms. The number of aliphatic hydroxyl groups excluding tert-OH is 1. The van der Waals surface area contributed by atoms with Gasteiger partial charge in [0.25, 0.3) is 0 Å². The fraction of sp³-hybridized carbons (Fsp3) is 0.538. The smallest absolute Gasteiger partial charge is 0.217 e. The first-order valence-electron chi connectivity index (χ1n) is 6.28. The van der Waals surface area contributed by atoms with Gasteiger partial charge in [0.15, 0.2) is 0 Å². The lowest BCUT2D eigenvalue weighted by Crippen LogP contribution is -2.35. The molecule has 1 saturated heterocycles. The van der Waals surface area contributed by atoms with E-state index in [9.17, 15) is 4.79 Å². The normalized spacial score (nSPS) is 16.8. The number of aromatic nitrogens is 1. The summed E-state index contributed by atoms with van der Waals surface area (Å²) in [5.41, 5.74) is 6.03. The highest BCUT2D eigenvalue weighted by Crippen LogP contribution is 2.23. The van der Waals surface area contributed by atoms with E-state index in [1.165, 1.54) is 0 Å². The first-order chi connectivity index (χ1) is 8.69. The van der Waals surface area contributed by atoms with E-state index in [-0.39, 0.29) is 12.5 Å². The first kappa shape index (κ1) is 12.8. The minimum atomic E-state index is -0.209. The zero-order valence-electron chi connectivity index (χ0n) is 10.4. The molecule has 1 fully saturated rings. The molecule has 0 spiro atoms. The van der Waals surface area contributed by atoms with E-state index in [0.717, 1.165) is 37.3 Å². The van der Waals surface area contributed by atoms with Gasteiger partial charge in [0.1, 0.15) is 5.82 Å². The maximum Gasteiger partial charge on any atom is 0.217 e. The highest BCUT2D eigenvalue weighted by atomic mass is 16.3. The summed E-state index contributed by atoms with van der Waals surface area (Å²) >= 11 is 0. The first-order valence-corrected chi connectivity index (χ1v) is 6.28. The van der Waals surface area contributed by atoms with Gasteiger partial charge in [0, 0.05) is 25.7 Å². The molecule has 0 aromatic carbocycles. The van der Waals surface area contributed by atoms with Crippen molar-refractivity contribution in [2.24, 2.45) is 11.7 Å². The van der Waals surface area contributed by atoms with Crippen LogP contribution in [0, 0.1) is 5.92 Å². The number of rotatable bonds is 4. The number of piperidine rings is 1. The van der Waals surface area contributed by atoms with Gasteiger partial charge in [0.05, 0.1) is 6.61 Å². The average molecular weight is 249 g/mol. The van der Waals surface area contributed by atoms with E-state index >= 15 is 0 Å². The van der Waals surface area contributed by atoms with Gasteiger partial charge in [-0.3, -0.25) is 4.79 Å². The van der Waals surface area contributed by atoms with Gasteiger partial charge in [0.2, 0.25) is 5.91 Å². The van der Waals surface area contributed by atoms with Crippen molar-refractivity contribution in [1.82, 2.24) is 4.98 Å². The lowest BCUT2D eigenvalue weighted by molar-refractivity contribution is -0.119. The zero-order valence-corrected chi connectivity index (χ0v) is 10.4. The summed E-state index contributed by atoms with van der Waals surface area (Å²) < 4.78 is 0. The second kappa shape index (κ2) is 5.82. The Labute approximate surface area is 107 Å². The molecule has 5 nitrogen and oxygen atoms in total. The molecule has 1 aromatic rings. The molecule has 2 heterocycles. The zero-order chi connectivity index (χ0) is 13.0. The fourth-order valence-electron chi connectivity index (χ4n) is 2.35. The Morgan fingerprint density at radius 1 is 1.44 bits per heavy atom. The molecule has 0 radical (unpaired) electrons. The number of hydrogen-bond donors (Lipinski definition) is 2. The van der Waals surface area contributed by atoms with Gasteiger partial charge in [-0.2, -0.15) is 0 Å². The summed E-state index contributed by atoms with van der Waals surface area (Å²) in [5, 5.41) is 8.96. The van der Waals surface area contributed by atoms with Crippen molar-refractivity contribution in [3.63, 3.8) is 0 Å². The van der Waals surface area contributed by atoms with E-state index < -0.39 is 0 Å². The monoisotopic (exact) mass is 249 g/mol.